The summed E-state index contributed by atoms with van der Waals surface area (Å²) in [6.45, 7) is 5.10. The molecule has 1 aliphatic heterocycles. The van der Waals surface area contributed by atoms with Crippen molar-refractivity contribution in [2.24, 2.45) is 11.7 Å². The maximum absolute atomic E-state index is 11.7. The van der Waals surface area contributed by atoms with Crippen molar-refractivity contribution in [1.82, 2.24) is 24.8 Å². The maximum atomic E-state index is 11.7. The molecule has 2 heterocycles. The molecule has 0 bridgehead atoms. The van der Waals surface area contributed by atoms with Gasteiger partial charge in [0.1, 0.15) is 5.52 Å². The zero-order valence-corrected chi connectivity index (χ0v) is 18.3. The van der Waals surface area contributed by atoms with Gasteiger partial charge in [0.05, 0.1) is 17.1 Å². The predicted octanol–water partition coefficient (Wildman–Crippen LogP) is 2.76. The second kappa shape index (κ2) is 8.57. The molecule has 2 fully saturated rings. The van der Waals surface area contributed by atoms with Gasteiger partial charge in [-0.05, 0) is 36.0 Å². The Hall–Kier alpha value is -2.48. The normalized spacial score (nSPS) is 17.4. The first-order chi connectivity index (χ1) is 15.1. The van der Waals surface area contributed by atoms with Gasteiger partial charge < -0.3 is 10.6 Å². The summed E-state index contributed by atoms with van der Waals surface area (Å²) >= 11 is 6.72. The summed E-state index contributed by atoms with van der Waals surface area (Å²) < 4.78 is 1.98. The van der Waals surface area contributed by atoms with Crippen LogP contribution in [0.2, 0.25) is 5.02 Å². The molecule has 8 heteroatoms. The van der Waals surface area contributed by atoms with Crippen molar-refractivity contribution < 1.29 is 4.79 Å². The van der Waals surface area contributed by atoms with Crippen LogP contribution in [-0.4, -0.2) is 63.4 Å². The first-order valence-electron chi connectivity index (χ1n) is 10.9. The smallest absolute Gasteiger partial charge is 0.236 e. The molecular weight excluding hydrogens is 412 g/mol. The van der Waals surface area contributed by atoms with Crippen molar-refractivity contribution in [3.05, 3.63) is 47.0 Å². The van der Waals surface area contributed by atoms with Crippen molar-refractivity contribution in [3.63, 3.8) is 0 Å². The Morgan fingerprint density at radius 1 is 1.06 bits per heavy atom. The first kappa shape index (κ1) is 20.4. The van der Waals surface area contributed by atoms with Crippen LogP contribution in [0.3, 0.4) is 0 Å². The highest BCUT2D eigenvalue weighted by atomic mass is 35.5. The molecule has 1 saturated carbocycles. The fraction of sp³-hybridized carbons (Fsp3) is 0.435. The molecule has 2 N–H and O–H groups in total. The van der Waals surface area contributed by atoms with Crippen molar-refractivity contribution in [2.45, 2.75) is 25.9 Å². The number of nitrogens with zero attached hydrogens (tertiary/aromatic N) is 5. The van der Waals surface area contributed by atoms with Gasteiger partial charge in [-0.3, -0.25) is 9.69 Å². The SMILES string of the molecule is NCC(=O)N1CCN(Cc2ccc(-c3ccc4c(nnn4CC4CC4)c3Cl)cc2)CC1. The van der Waals surface area contributed by atoms with E-state index in [0.29, 0.717) is 5.02 Å². The molecule has 0 unspecified atom stereocenters. The van der Waals surface area contributed by atoms with Gasteiger partial charge >= 0.3 is 0 Å². The van der Waals surface area contributed by atoms with E-state index in [0.717, 1.165) is 67.3 Å². The molecule has 0 spiro atoms. The van der Waals surface area contributed by atoms with E-state index in [-0.39, 0.29) is 12.5 Å². The highest BCUT2D eigenvalue weighted by molar-refractivity contribution is 6.37. The summed E-state index contributed by atoms with van der Waals surface area (Å²) in [7, 11) is 0. The Balaban J connectivity index is 1.27. The zero-order valence-electron chi connectivity index (χ0n) is 17.5. The van der Waals surface area contributed by atoms with E-state index < -0.39 is 0 Å². The van der Waals surface area contributed by atoms with Crippen LogP contribution in [0.4, 0.5) is 0 Å². The zero-order chi connectivity index (χ0) is 21.4. The number of nitrogens with two attached hydrogens (primary N) is 1. The number of hydrogen-bond donors (Lipinski definition) is 1. The topological polar surface area (TPSA) is 80.3 Å². The Morgan fingerprint density at radius 3 is 2.48 bits per heavy atom. The standard InChI is InChI=1S/C23H27ClN6O/c24-22-19(7-8-20-23(22)26-27-30(20)15-17-1-2-17)18-5-3-16(4-6-18)14-28-9-11-29(12-10-28)21(31)13-25/h3-8,17H,1-2,9-15,25H2. The Morgan fingerprint density at radius 2 is 1.81 bits per heavy atom. The number of hydrogen-bond acceptors (Lipinski definition) is 5. The number of amides is 1. The largest absolute Gasteiger partial charge is 0.339 e. The minimum atomic E-state index is 0.0328. The fourth-order valence-corrected chi connectivity index (χ4v) is 4.55. The van der Waals surface area contributed by atoms with E-state index in [1.165, 1.54) is 18.4 Å². The third kappa shape index (κ3) is 4.31. The lowest BCUT2D eigenvalue weighted by Gasteiger charge is -2.34. The number of halogens is 1. The molecule has 1 amide bonds. The quantitative estimate of drug-likeness (QED) is 0.640. The number of fused-ring (bicyclic) bond motifs is 1. The van der Waals surface area contributed by atoms with E-state index in [4.69, 9.17) is 17.3 Å². The van der Waals surface area contributed by atoms with Gasteiger partial charge in [-0.25, -0.2) is 4.68 Å². The summed E-state index contributed by atoms with van der Waals surface area (Å²) in [6, 6.07) is 12.7. The van der Waals surface area contributed by atoms with Crippen molar-refractivity contribution in [3.8, 4) is 11.1 Å². The monoisotopic (exact) mass is 438 g/mol. The fourth-order valence-electron chi connectivity index (χ4n) is 4.24. The summed E-state index contributed by atoms with van der Waals surface area (Å²) in [6.07, 6.45) is 2.56. The average Bonchev–Trinajstić information content (AvgIpc) is 3.53. The van der Waals surface area contributed by atoms with Crippen LogP contribution in [0.15, 0.2) is 36.4 Å². The summed E-state index contributed by atoms with van der Waals surface area (Å²) in [4.78, 5) is 15.9. The maximum Gasteiger partial charge on any atom is 0.236 e. The lowest BCUT2D eigenvalue weighted by Crippen LogP contribution is -2.49. The highest BCUT2D eigenvalue weighted by Crippen LogP contribution is 2.35. The van der Waals surface area contributed by atoms with Gasteiger partial charge in [-0.15, -0.1) is 5.10 Å². The molecule has 2 aromatic carbocycles. The number of carbonyl (C=O) groups excluding carboxylic acids is 1. The molecule has 1 aliphatic carbocycles. The van der Waals surface area contributed by atoms with Crippen LogP contribution < -0.4 is 5.73 Å². The number of carbonyl (C=O) groups is 1. The summed E-state index contributed by atoms with van der Waals surface area (Å²) in [5, 5.41) is 9.32. The van der Waals surface area contributed by atoms with E-state index in [1.54, 1.807) is 0 Å². The van der Waals surface area contributed by atoms with Crippen LogP contribution in [0, 0.1) is 5.92 Å². The van der Waals surface area contributed by atoms with Crippen molar-refractivity contribution in [1.29, 1.82) is 0 Å². The van der Waals surface area contributed by atoms with Gasteiger partial charge in [0.15, 0.2) is 0 Å². The third-order valence-electron chi connectivity index (χ3n) is 6.32. The van der Waals surface area contributed by atoms with Crippen LogP contribution >= 0.6 is 11.6 Å². The first-order valence-corrected chi connectivity index (χ1v) is 11.3. The molecule has 1 aromatic heterocycles. The molecule has 0 radical (unpaired) electrons. The molecule has 5 rings (SSSR count). The average molecular weight is 439 g/mol. The highest BCUT2D eigenvalue weighted by Gasteiger charge is 2.24. The molecule has 1 saturated heterocycles. The Kier molecular flexibility index (Phi) is 5.65. The van der Waals surface area contributed by atoms with Gasteiger partial charge in [0, 0.05) is 44.8 Å². The predicted molar refractivity (Wildman–Crippen MR) is 122 cm³/mol. The van der Waals surface area contributed by atoms with Crippen LogP contribution in [-0.2, 0) is 17.9 Å². The molecule has 162 valence electrons. The molecule has 31 heavy (non-hydrogen) atoms. The van der Waals surface area contributed by atoms with Crippen LogP contribution in [0.25, 0.3) is 22.2 Å². The number of benzene rings is 2. The summed E-state index contributed by atoms with van der Waals surface area (Å²) in [5.41, 5.74) is 10.5. The van der Waals surface area contributed by atoms with Crippen LogP contribution in [0.5, 0.6) is 0 Å². The van der Waals surface area contributed by atoms with Gasteiger partial charge in [0.2, 0.25) is 5.91 Å². The molecule has 0 atom stereocenters. The third-order valence-corrected chi connectivity index (χ3v) is 6.71. The molecular formula is C23H27ClN6O. The van der Waals surface area contributed by atoms with Gasteiger partial charge in [0.25, 0.3) is 0 Å². The Labute approximate surface area is 186 Å². The number of rotatable bonds is 6. The minimum absolute atomic E-state index is 0.0328. The molecule has 7 nitrogen and oxygen atoms in total. The van der Waals surface area contributed by atoms with E-state index in [2.05, 4.69) is 51.6 Å². The van der Waals surface area contributed by atoms with Gasteiger partial charge in [-0.1, -0.05) is 47.1 Å². The number of piperazine rings is 1. The van der Waals surface area contributed by atoms with E-state index in [9.17, 15) is 4.79 Å². The van der Waals surface area contributed by atoms with E-state index in [1.807, 2.05) is 9.58 Å². The number of aromatic nitrogens is 3. The van der Waals surface area contributed by atoms with Crippen LogP contribution in [0.1, 0.15) is 18.4 Å². The second-order valence-electron chi connectivity index (χ2n) is 8.57. The Bertz CT molecular complexity index is 1080. The minimum Gasteiger partial charge on any atom is -0.339 e. The molecule has 3 aromatic rings. The lowest BCUT2D eigenvalue weighted by atomic mass is 10.0. The van der Waals surface area contributed by atoms with Gasteiger partial charge in [-0.2, -0.15) is 0 Å². The second-order valence-corrected chi connectivity index (χ2v) is 8.95. The summed E-state index contributed by atoms with van der Waals surface area (Å²) in [5.74, 6) is 0.769. The van der Waals surface area contributed by atoms with Crippen molar-refractivity contribution >= 4 is 28.5 Å². The van der Waals surface area contributed by atoms with E-state index >= 15 is 0 Å². The molecule has 2 aliphatic rings. The van der Waals surface area contributed by atoms with Crippen molar-refractivity contribution in [2.75, 3.05) is 32.7 Å². The lowest BCUT2D eigenvalue weighted by molar-refractivity contribution is -0.131.